The lowest BCUT2D eigenvalue weighted by Gasteiger charge is -2.19. The van der Waals surface area contributed by atoms with E-state index in [1.807, 2.05) is 13.8 Å². The fourth-order valence-electron chi connectivity index (χ4n) is 1.08. The first-order valence-corrected chi connectivity index (χ1v) is 6.69. The molecule has 0 fully saturated rings. The van der Waals surface area contributed by atoms with Crippen LogP contribution < -0.4 is 0 Å². The van der Waals surface area contributed by atoms with Gasteiger partial charge in [-0.2, -0.15) is 0 Å². The van der Waals surface area contributed by atoms with Crippen LogP contribution in [-0.4, -0.2) is 49.7 Å². The van der Waals surface area contributed by atoms with Crippen LogP contribution in [0, 0.1) is 0 Å². The zero-order valence-corrected chi connectivity index (χ0v) is 12.0. The molecule has 0 spiro atoms. The Morgan fingerprint density at radius 2 is 1.72 bits per heavy atom. The second-order valence-electron chi connectivity index (χ2n) is 3.14. The summed E-state index contributed by atoms with van der Waals surface area (Å²) in [4.78, 5) is 22.2. The highest BCUT2D eigenvalue weighted by Crippen LogP contribution is 2.17. The number of ether oxygens (including phenoxy) is 4. The van der Waals surface area contributed by atoms with Crippen molar-refractivity contribution in [3.8, 4) is 0 Å². The normalized spacial score (nSPS) is 12.3. The number of thioether (sulfide) groups is 1. The predicted molar refractivity (Wildman–Crippen MR) is 67.1 cm³/mol. The molecular weight excluding hydrogens is 260 g/mol. The molecule has 0 radical (unpaired) electrons. The Morgan fingerprint density at radius 1 is 1.17 bits per heavy atom. The number of rotatable bonds is 9. The van der Waals surface area contributed by atoms with Crippen LogP contribution in [0.5, 0.6) is 0 Å². The van der Waals surface area contributed by atoms with Crippen molar-refractivity contribution in [3.63, 3.8) is 0 Å². The quantitative estimate of drug-likeness (QED) is 0.464. The molecule has 1 unspecified atom stereocenters. The van der Waals surface area contributed by atoms with Gasteiger partial charge in [-0.15, -0.1) is 11.8 Å². The van der Waals surface area contributed by atoms with Crippen LogP contribution in [0.4, 0.5) is 0 Å². The van der Waals surface area contributed by atoms with E-state index in [0.717, 1.165) is 11.8 Å². The van der Waals surface area contributed by atoms with Crippen molar-refractivity contribution >= 4 is 23.7 Å². The fraction of sp³-hybridized carbons (Fsp3) is 0.818. The van der Waals surface area contributed by atoms with E-state index in [9.17, 15) is 9.59 Å². The number of hydrogen-bond acceptors (Lipinski definition) is 7. The number of carbonyl (C=O) groups is 2. The number of esters is 2. The van der Waals surface area contributed by atoms with Crippen molar-refractivity contribution in [1.82, 2.24) is 0 Å². The summed E-state index contributed by atoms with van der Waals surface area (Å²) in [5, 5.41) is 0. The highest BCUT2D eigenvalue weighted by molar-refractivity contribution is 8.00. The van der Waals surface area contributed by atoms with Crippen molar-refractivity contribution in [2.24, 2.45) is 0 Å². The van der Waals surface area contributed by atoms with Crippen molar-refractivity contribution in [2.75, 3.05) is 26.1 Å². The van der Waals surface area contributed by atoms with Crippen molar-refractivity contribution in [2.45, 2.75) is 32.5 Å². The first-order valence-electron chi connectivity index (χ1n) is 5.64. The van der Waals surface area contributed by atoms with Gasteiger partial charge >= 0.3 is 11.9 Å². The summed E-state index contributed by atoms with van der Waals surface area (Å²) >= 11 is 1.10. The van der Waals surface area contributed by atoms with Gasteiger partial charge in [-0.05, 0) is 13.8 Å². The minimum absolute atomic E-state index is 0.370. The van der Waals surface area contributed by atoms with Gasteiger partial charge in [-0.25, -0.2) is 4.79 Å². The summed E-state index contributed by atoms with van der Waals surface area (Å²) in [5.74, 6) is -0.779. The van der Waals surface area contributed by atoms with E-state index in [1.54, 1.807) is 0 Å². The van der Waals surface area contributed by atoms with Gasteiger partial charge in [0.25, 0.3) is 0 Å². The lowest BCUT2D eigenvalue weighted by Crippen LogP contribution is -2.28. The number of hydrogen-bond donors (Lipinski definition) is 0. The lowest BCUT2D eigenvalue weighted by molar-refractivity contribution is -0.158. The van der Waals surface area contributed by atoms with E-state index in [4.69, 9.17) is 14.2 Å². The Labute approximate surface area is 111 Å². The Balaban J connectivity index is 4.28. The smallest absolute Gasteiger partial charge is 0.357 e. The van der Waals surface area contributed by atoms with Crippen LogP contribution in [0.15, 0.2) is 0 Å². The van der Waals surface area contributed by atoms with Crippen molar-refractivity contribution < 1.29 is 28.5 Å². The molecular formula is C11H20O6S. The maximum atomic E-state index is 11.4. The van der Waals surface area contributed by atoms with Gasteiger partial charge in [0.1, 0.15) is 0 Å². The molecule has 0 amide bonds. The largest absolute Gasteiger partial charge is 0.466 e. The second kappa shape index (κ2) is 10.2. The van der Waals surface area contributed by atoms with Gasteiger partial charge in [0.2, 0.25) is 5.44 Å². The van der Waals surface area contributed by atoms with E-state index >= 15 is 0 Å². The number of methoxy groups -OCH3 is 1. The van der Waals surface area contributed by atoms with Crippen LogP contribution in [-0.2, 0) is 28.5 Å². The van der Waals surface area contributed by atoms with Gasteiger partial charge in [0.05, 0.1) is 7.11 Å². The molecule has 0 aromatic rings. The highest BCUT2D eigenvalue weighted by atomic mass is 32.2. The third-order valence-electron chi connectivity index (χ3n) is 1.76. The summed E-state index contributed by atoms with van der Waals surface area (Å²) in [5.41, 5.74) is -0.990. The molecule has 0 saturated heterocycles. The molecule has 0 heterocycles. The van der Waals surface area contributed by atoms with Crippen LogP contribution in [0.2, 0.25) is 0 Å². The topological polar surface area (TPSA) is 71.1 Å². The van der Waals surface area contributed by atoms with Crippen molar-refractivity contribution in [1.29, 1.82) is 0 Å². The first kappa shape index (κ1) is 17.2. The minimum Gasteiger partial charge on any atom is -0.466 e. The molecule has 0 bridgehead atoms. The molecule has 1 atom stereocenters. The van der Waals surface area contributed by atoms with E-state index < -0.39 is 23.7 Å². The molecule has 0 aromatic heterocycles. The van der Waals surface area contributed by atoms with E-state index in [0.29, 0.717) is 19.0 Å². The average Bonchev–Trinajstić information content (AvgIpc) is 2.33. The van der Waals surface area contributed by atoms with Gasteiger partial charge < -0.3 is 18.9 Å². The maximum Gasteiger partial charge on any atom is 0.357 e. The maximum absolute atomic E-state index is 11.4. The van der Waals surface area contributed by atoms with Gasteiger partial charge in [0.15, 0.2) is 6.29 Å². The lowest BCUT2D eigenvalue weighted by atomic mass is 10.7. The predicted octanol–water partition coefficient (Wildman–Crippen LogP) is 1.18. The first-order chi connectivity index (χ1) is 8.54. The summed E-state index contributed by atoms with van der Waals surface area (Å²) in [6, 6.07) is 0. The van der Waals surface area contributed by atoms with Crippen LogP contribution in [0.25, 0.3) is 0 Å². The molecule has 0 aliphatic carbocycles. The van der Waals surface area contributed by atoms with Crippen LogP contribution >= 0.6 is 11.8 Å². The van der Waals surface area contributed by atoms with E-state index in [-0.39, 0.29) is 0 Å². The van der Waals surface area contributed by atoms with Gasteiger partial charge in [0, 0.05) is 25.9 Å². The minimum atomic E-state index is -0.990. The molecule has 0 aliphatic heterocycles. The molecule has 7 heteroatoms. The molecule has 0 aliphatic rings. The van der Waals surface area contributed by atoms with Crippen LogP contribution in [0.1, 0.15) is 20.8 Å². The Hall–Kier alpha value is -0.790. The molecule has 0 N–H and O–H groups in total. The Kier molecular flexibility index (Phi) is 9.72. The highest BCUT2D eigenvalue weighted by Gasteiger charge is 2.24. The molecule has 106 valence electrons. The third kappa shape index (κ3) is 7.52. The second-order valence-corrected chi connectivity index (χ2v) is 4.23. The zero-order valence-electron chi connectivity index (χ0n) is 11.1. The summed E-state index contributed by atoms with van der Waals surface area (Å²) in [6.07, 6.45) is -0.437. The standard InChI is InChI=1S/C11H20O6S/c1-5-15-9(16-6-2)7-18-11(10(13)14-4)17-8(3)12/h9,11H,5-7H2,1-4H3. The zero-order chi connectivity index (χ0) is 14.0. The summed E-state index contributed by atoms with van der Waals surface area (Å²) < 4.78 is 20.0. The van der Waals surface area contributed by atoms with Crippen LogP contribution in [0.3, 0.4) is 0 Å². The number of carbonyl (C=O) groups excluding carboxylic acids is 2. The van der Waals surface area contributed by atoms with Gasteiger partial charge in [-0.1, -0.05) is 0 Å². The monoisotopic (exact) mass is 280 g/mol. The summed E-state index contributed by atoms with van der Waals surface area (Å²) in [7, 11) is 1.24. The van der Waals surface area contributed by atoms with Crippen molar-refractivity contribution in [3.05, 3.63) is 0 Å². The molecule has 0 saturated carbocycles. The molecule has 0 aromatic carbocycles. The Morgan fingerprint density at radius 3 is 2.11 bits per heavy atom. The SMILES string of the molecule is CCOC(CSC(OC(C)=O)C(=O)OC)OCC. The fourth-order valence-corrected chi connectivity index (χ4v) is 2.04. The molecule has 18 heavy (non-hydrogen) atoms. The Bertz CT molecular complexity index is 252. The van der Waals surface area contributed by atoms with E-state index in [1.165, 1.54) is 14.0 Å². The molecule has 0 rings (SSSR count). The van der Waals surface area contributed by atoms with E-state index in [2.05, 4.69) is 4.74 Å². The summed E-state index contributed by atoms with van der Waals surface area (Å²) in [6.45, 7) is 5.93. The average molecular weight is 280 g/mol. The third-order valence-corrected chi connectivity index (χ3v) is 2.81. The molecule has 6 nitrogen and oxygen atoms in total. The van der Waals surface area contributed by atoms with Gasteiger partial charge in [-0.3, -0.25) is 4.79 Å².